The van der Waals surface area contributed by atoms with Gasteiger partial charge in [0.15, 0.2) is 0 Å². The van der Waals surface area contributed by atoms with Crippen LogP contribution in [0.2, 0.25) is 0 Å². The van der Waals surface area contributed by atoms with Gasteiger partial charge < -0.3 is 10.2 Å². The monoisotopic (exact) mass is 428 g/mol. The molecule has 32 heavy (non-hydrogen) atoms. The predicted molar refractivity (Wildman–Crippen MR) is 120 cm³/mol. The Kier molecular flexibility index (Phi) is 5.93. The van der Waals surface area contributed by atoms with E-state index in [0.29, 0.717) is 29.5 Å². The number of carboxylic acid groups (broad SMARTS) is 2. The summed E-state index contributed by atoms with van der Waals surface area (Å²) in [6.45, 7) is 2.36. The number of hydrogen-bond donors (Lipinski definition) is 2. The van der Waals surface area contributed by atoms with Gasteiger partial charge in [0, 0.05) is 6.54 Å². The van der Waals surface area contributed by atoms with E-state index in [2.05, 4.69) is 6.07 Å². The fraction of sp³-hybridized carbons (Fsp3) is 0.269. The third kappa shape index (κ3) is 3.51. The van der Waals surface area contributed by atoms with Gasteiger partial charge in [0.25, 0.3) is 0 Å². The van der Waals surface area contributed by atoms with Gasteiger partial charge in [-0.3, -0.25) is 14.5 Å². The maximum Gasteiger partial charge on any atom is 0.325 e. The Bertz CT molecular complexity index is 1190. The van der Waals surface area contributed by atoms with E-state index in [1.54, 1.807) is 23.1 Å². The van der Waals surface area contributed by atoms with Crippen molar-refractivity contribution in [1.82, 2.24) is 4.90 Å². The molecule has 1 heterocycles. The first-order chi connectivity index (χ1) is 15.5. The summed E-state index contributed by atoms with van der Waals surface area (Å²) in [5.41, 5.74) is 2.73. The molecule has 1 aliphatic rings. The van der Waals surface area contributed by atoms with E-state index in [1.165, 1.54) is 0 Å². The maximum atomic E-state index is 12.4. The number of benzene rings is 3. The van der Waals surface area contributed by atoms with Gasteiger partial charge in [-0.1, -0.05) is 74.0 Å². The van der Waals surface area contributed by atoms with E-state index in [0.717, 1.165) is 22.9 Å². The van der Waals surface area contributed by atoms with Gasteiger partial charge in [-0.2, -0.15) is 5.26 Å². The molecule has 0 aliphatic carbocycles. The molecule has 0 saturated heterocycles. The zero-order valence-electron chi connectivity index (χ0n) is 17.7. The molecule has 0 amide bonds. The van der Waals surface area contributed by atoms with Gasteiger partial charge in [-0.15, -0.1) is 0 Å². The molecule has 0 fully saturated rings. The van der Waals surface area contributed by atoms with E-state index in [4.69, 9.17) is 0 Å². The minimum atomic E-state index is -1.07. The fourth-order valence-corrected chi connectivity index (χ4v) is 4.82. The minimum absolute atomic E-state index is 0.368. The second-order valence-electron chi connectivity index (χ2n) is 8.06. The largest absolute Gasteiger partial charge is 0.480 e. The van der Waals surface area contributed by atoms with Crippen LogP contribution in [0, 0.1) is 11.3 Å². The molecular formula is C26H24N2O4. The average molecular weight is 428 g/mol. The molecule has 0 aromatic heterocycles. The molecule has 0 spiro atoms. The molecule has 6 heteroatoms. The summed E-state index contributed by atoms with van der Waals surface area (Å²) in [5.74, 6) is -2.70. The van der Waals surface area contributed by atoms with Crippen LogP contribution in [-0.2, 0) is 9.59 Å². The van der Waals surface area contributed by atoms with Crippen molar-refractivity contribution in [2.45, 2.75) is 37.8 Å². The number of carbonyl (C=O) groups is 2. The SMILES string of the molecule is CCCCN1C(C(=O)O)c2cccc3c(C(C#N)c4ccccc4)ccc(c23)C1C(=O)O. The molecule has 3 aromatic carbocycles. The van der Waals surface area contributed by atoms with Crippen LogP contribution in [0.25, 0.3) is 10.8 Å². The number of aliphatic carboxylic acids is 2. The maximum absolute atomic E-state index is 12.4. The highest BCUT2D eigenvalue weighted by molar-refractivity contribution is 6.00. The van der Waals surface area contributed by atoms with Crippen LogP contribution in [0.4, 0.5) is 0 Å². The number of nitrogens with zero attached hydrogens (tertiary/aromatic N) is 2. The Hall–Kier alpha value is -3.69. The quantitative estimate of drug-likeness (QED) is 0.557. The van der Waals surface area contributed by atoms with Crippen molar-refractivity contribution in [3.63, 3.8) is 0 Å². The van der Waals surface area contributed by atoms with Gasteiger partial charge in [-0.05, 0) is 39.4 Å². The first kappa shape index (κ1) is 21.5. The smallest absolute Gasteiger partial charge is 0.325 e. The first-order valence-corrected chi connectivity index (χ1v) is 10.7. The van der Waals surface area contributed by atoms with Crippen molar-refractivity contribution in [3.8, 4) is 6.07 Å². The van der Waals surface area contributed by atoms with Crippen LogP contribution in [-0.4, -0.2) is 33.6 Å². The lowest BCUT2D eigenvalue weighted by atomic mass is 9.80. The molecule has 6 nitrogen and oxygen atoms in total. The van der Waals surface area contributed by atoms with Crippen LogP contribution in [0.3, 0.4) is 0 Å². The summed E-state index contributed by atoms with van der Waals surface area (Å²) >= 11 is 0. The van der Waals surface area contributed by atoms with Crippen molar-refractivity contribution in [1.29, 1.82) is 5.26 Å². The van der Waals surface area contributed by atoms with E-state index in [1.807, 2.05) is 49.4 Å². The zero-order chi connectivity index (χ0) is 22.8. The first-order valence-electron chi connectivity index (χ1n) is 10.7. The van der Waals surface area contributed by atoms with Crippen LogP contribution in [0.1, 0.15) is 60.0 Å². The molecule has 2 N–H and O–H groups in total. The molecule has 3 atom stereocenters. The van der Waals surface area contributed by atoms with E-state index < -0.39 is 29.9 Å². The highest BCUT2D eigenvalue weighted by Gasteiger charge is 2.43. The Labute approximate surface area is 186 Å². The van der Waals surface area contributed by atoms with Crippen LogP contribution >= 0.6 is 0 Å². The van der Waals surface area contributed by atoms with Crippen molar-refractivity contribution in [2.24, 2.45) is 0 Å². The van der Waals surface area contributed by atoms with Gasteiger partial charge in [0.1, 0.15) is 12.1 Å². The molecule has 4 rings (SSSR count). The summed E-state index contributed by atoms with van der Waals surface area (Å²) in [4.78, 5) is 26.3. The summed E-state index contributed by atoms with van der Waals surface area (Å²) in [6.07, 6.45) is 1.52. The third-order valence-electron chi connectivity index (χ3n) is 6.20. The van der Waals surface area contributed by atoms with Gasteiger partial charge in [-0.25, -0.2) is 0 Å². The Morgan fingerprint density at radius 3 is 2.22 bits per heavy atom. The summed E-state index contributed by atoms with van der Waals surface area (Å²) < 4.78 is 0. The van der Waals surface area contributed by atoms with E-state index in [9.17, 15) is 25.1 Å². The number of unbranched alkanes of at least 4 members (excludes halogenated alkanes) is 1. The van der Waals surface area contributed by atoms with Gasteiger partial charge in [0.2, 0.25) is 0 Å². The minimum Gasteiger partial charge on any atom is -0.480 e. The Balaban J connectivity index is 1.99. The molecule has 0 bridgehead atoms. The predicted octanol–water partition coefficient (Wildman–Crippen LogP) is 4.86. The number of carboxylic acids is 2. The fourth-order valence-electron chi connectivity index (χ4n) is 4.82. The van der Waals surface area contributed by atoms with Crippen molar-refractivity contribution in [2.75, 3.05) is 6.54 Å². The molecule has 3 unspecified atom stereocenters. The molecular weight excluding hydrogens is 404 g/mol. The second-order valence-corrected chi connectivity index (χ2v) is 8.06. The number of hydrogen-bond acceptors (Lipinski definition) is 4. The molecule has 3 aromatic rings. The van der Waals surface area contributed by atoms with Gasteiger partial charge in [0.05, 0.1) is 12.0 Å². The highest BCUT2D eigenvalue weighted by Crippen LogP contribution is 2.46. The number of rotatable bonds is 7. The Morgan fingerprint density at radius 1 is 0.969 bits per heavy atom. The van der Waals surface area contributed by atoms with E-state index in [-0.39, 0.29) is 0 Å². The lowest BCUT2D eigenvalue weighted by Crippen LogP contribution is -2.43. The van der Waals surface area contributed by atoms with Crippen molar-refractivity contribution < 1.29 is 19.8 Å². The molecule has 0 saturated carbocycles. The Morgan fingerprint density at radius 2 is 1.62 bits per heavy atom. The third-order valence-corrected chi connectivity index (χ3v) is 6.20. The average Bonchev–Trinajstić information content (AvgIpc) is 2.79. The standard InChI is InChI=1S/C26H24N2O4/c1-2-3-14-28-23(25(29)30)19-11-7-10-18-17(21(15-27)16-8-5-4-6-9-16)12-13-20(22(18)19)24(28)26(31)32/h4-13,21,23-24H,2-3,14H2,1H3,(H,29,30)(H,31,32). The van der Waals surface area contributed by atoms with Crippen LogP contribution < -0.4 is 0 Å². The van der Waals surface area contributed by atoms with Crippen LogP contribution in [0.15, 0.2) is 60.7 Å². The molecule has 0 radical (unpaired) electrons. The highest BCUT2D eigenvalue weighted by atomic mass is 16.4. The normalized spacial score (nSPS) is 18.8. The van der Waals surface area contributed by atoms with E-state index >= 15 is 0 Å². The topological polar surface area (TPSA) is 102 Å². The van der Waals surface area contributed by atoms with Crippen molar-refractivity contribution in [3.05, 3.63) is 82.9 Å². The zero-order valence-corrected chi connectivity index (χ0v) is 17.7. The molecule has 162 valence electrons. The summed E-state index contributed by atoms with van der Waals surface area (Å²) in [7, 11) is 0. The molecule has 1 aliphatic heterocycles. The van der Waals surface area contributed by atoms with Gasteiger partial charge >= 0.3 is 11.9 Å². The second kappa shape index (κ2) is 8.81. The number of nitriles is 1. The summed E-state index contributed by atoms with van der Waals surface area (Å²) in [6, 6.07) is 18.6. The van der Waals surface area contributed by atoms with Crippen LogP contribution in [0.5, 0.6) is 0 Å². The lowest BCUT2D eigenvalue weighted by Gasteiger charge is -2.39. The van der Waals surface area contributed by atoms with Crippen molar-refractivity contribution >= 4 is 22.7 Å². The lowest BCUT2D eigenvalue weighted by molar-refractivity contribution is -0.151. The summed E-state index contributed by atoms with van der Waals surface area (Å²) in [5, 5.41) is 31.5.